The van der Waals surface area contributed by atoms with Crippen LogP contribution in [0, 0.1) is 0 Å². The van der Waals surface area contributed by atoms with Crippen LogP contribution in [-0.4, -0.2) is 64.1 Å². The van der Waals surface area contributed by atoms with E-state index in [9.17, 15) is 0 Å². The summed E-state index contributed by atoms with van der Waals surface area (Å²) in [6, 6.07) is 23.2. The second-order valence-electron chi connectivity index (χ2n) is 9.59. The molecule has 7 heteroatoms. The van der Waals surface area contributed by atoms with Crippen LogP contribution in [0.25, 0.3) is 33.5 Å². The highest BCUT2D eigenvalue weighted by atomic mass is 15.3. The van der Waals surface area contributed by atoms with Crippen LogP contribution in [0.3, 0.4) is 0 Å². The van der Waals surface area contributed by atoms with E-state index in [-0.39, 0.29) is 0 Å². The molecule has 0 atom stereocenters. The van der Waals surface area contributed by atoms with Crippen molar-refractivity contribution in [3.05, 3.63) is 78.6 Å². The number of fused-ring (bicyclic) bond motifs is 2. The molecule has 3 aromatic carbocycles. The molecule has 0 spiro atoms. The minimum atomic E-state index is 0.825. The molecule has 5 aromatic rings. The minimum absolute atomic E-state index is 0.825. The van der Waals surface area contributed by atoms with E-state index in [1.807, 2.05) is 30.5 Å². The molecule has 1 fully saturated rings. The molecule has 37 heavy (non-hydrogen) atoms. The van der Waals surface area contributed by atoms with Gasteiger partial charge in [-0.2, -0.15) is 0 Å². The first kappa shape index (κ1) is 23.4. The zero-order valence-electron chi connectivity index (χ0n) is 21.6. The molecule has 0 amide bonds. The van der Waals surface area contributed by atoms with Crippen LogP contribution in [0.1, 0.15) is 19.5 Å². The van der Waals surface area contributed by atoms with Gasteiger partial charge in [0, 0.05) is 57.1 Å². The molecule has 188 valence electrons. The highest BCUT2D eigenvalue weighted by molar-refractivity contribution is 5.91. The molecular weight excluding hydrogens is 458 g/mol. The first-order valence-electron chi connectivity index (χ1n) is 13.2. The van der Waals surface area contributed by atoms with Gasteiger partial charge in [0.1, 0.15) is 11.3 Å². The Morgan fingerprint density at radius 2 is 1.57 bits per heavy atom. The van der Waals surface area contributed by atoms with Crippen molar-refractivity contribution in [2.24, 2.45) is 0 Å². The maximum absolute atomic E-state index is 5.05. The summed E-state index contributed by atoms with van der Waals surface area (Å²) in [6.07, 6.45) is 1.91. The number of benzene rings is 3. The van der Waals surface area contributed by atoms with E-state index in [1.54, 1.807) is 0 Å². The van der Waals surface area contributed by atoms with E-state index in [4.69, 9.17) is 9.97 Å². The molecule has 1 aliphatic rings. The van der Waals surface area contributed by atoms with Gasteiger partial charge in [0.15, 0.2) is 0 Å². The van der Waals surface area contributed by atoms with Gasteiger partial charge in [-0.05, 0) is 62.4 Å². The highest BCUT2D eigenvalue weighted by Gasteiger charge is 2.21. The highest BCUT2D eigenvalue weighted by Crippen LogP contribution is 2.30. The summed E-state index contributed by atoms with van der Waals surface area (Å²) in [5.74, 6) is 0.919. The topological polar surface area (TPSA) is 64.2 Å². The number of hydrogen-bond donors (Lipinski definition) is 1. The average molecular weight is 492 g/mol. The number of anilines is 2. The quantitative estimate of drug-likeness (QED) is 0.332. The number of nitrogens with zero attached hydrogens (tertiary/aromatic N) is 6. The van der Waals surface area contributed by atoms with Crippen molar-refractivity contribution < 1.29 is 0 Å². The lowest BCUT2D eigenvalue weighted by molar-refractivity contribution is 0.247. The maximum Gasteiger partial charge on any atom is 0.138 e. The Morgan fingerprint density at radius 1 is 0.811 bits per heavy atom. The molecule has 0 aliphatic carbocycles. The summed E-state index contributed by atoms with van der Waals surface area (Å²) >= 11 is 0. The predicted octanol–water partition coefficient (Wildman–Crippen LogP) is 5.34. The number of aromatic nitrogens is 4. The second kappa shape index (κ2) is 10.2. The van der Waals surface area contributed by atoms with Crippen LogP contribution >= 0.6 is 0 Å². The Morgan fingerprint density at radius 3 is 2.32 bits per heavy atom. The van der Waals surface area contributed by atoms with Gasteiger partial charge in [0.25, 0.3) is 0 Å². The standard InChI is InChI=1S/C30H33N7/c1-3-36(4-2)24-14-12-22(13-15-24)30-33-27-10-7-11-28(29(27)34-30)37-18-16-35(17-19-37)21-23-20-31-25-8-5-6-9-26(25)32-23/h5-15,20H,3-4,16-19,21H2,1-2H3,(H,33,34). The number of nitrogens with one attached hydrogen (secondary N) is 1. The maximum atomic E-state index is 5.05. The fraction of sp³-hybridized carbons (Fsp3) is 0.300. The number of para-hydroxylation sites is 3. The molecule has 0 saturated carbocycles. The summed E-state index contributed by atoms with van der Waals surface area (Å²) in [5.41, 5.74) is 8.61. The van der Waals surface area contributed by atoms with Crippen molar-refractivity contribution in [2.75, 3.05) is 49.1 Å². The van der Waals surface area contributed by atoms with Crippen LogP contribution in [0.15, 0.2) is 72.9 Å². The first-order valence-corrected chi connectivity index (χ1v) is 13.2. The van der Waals surface area contributed by atoms with Crippen molar-refractivity contribution >= 4 is 33.4 Å². The lowest BCUT2D eigenvalue weighted by atomic mass is 10.2. The second-order valence-corrected chi connectivity index (χ2v) is 9.59. The normalized spacial score (nSPS) is 14.5. The molecule has 2 aromatic heterocycles. The number of imidazole rings is 1. The molecule has 0 bridgehead atoms. The molecule has 1 aliphatic heterocycles. The Balaban J connectivity index is 1.16. The van der Waals surface area contributed by atoms with E-state index in [0.717, 1.165) is 85.0 Å². The number of H-pyrrole nitrogens is 1. The van der Waals surface area contributed by atoms with Gasteiger partial charge in [-0.3, -0.25) is 9.88 Å². The number of hydrogen-bond acceptors (Lipinski definition) is 6. The van der Waals surface area contributed by atoms with E-state index < -0.39 is 0 Å². The monoisotopic (exact) mass is 491 g/mol. The molecule has 0 unspecified atom stereocenters. The molecular formula is C30H33N7. The molecule has 1 saturated heterocycles. The van der Waals surface area contributed by atoms with Crippen LogP contribution in [0.4, 0.5) is 11.4 Å². The van der Waals surface area contributed by atoms with Crippen molar-refractivity contribution in [3.8, 4) is 11.4 Å². The van der Waals surface area contributed by atoms with Gasteiger partial charge in [0.2, 0.25) is 0 Å². The first-order chi connectivity index (χ1) is 18.2. The van der Waals surface area contributed by atoms with E-state index >= 15 is 0 Å². The average Bonchev–Trinajstić information content (AvgIpc) is 3.39. The third-order valence-electron chi connectivity index (χ3n) is 7.36. The number of piperazine rings is 1. The van der Waals surface area contributed by atoms with Gasteiger partial charge in [-0.15, -0.1) is 0 Å². The van der Waals surface area contributed by atoms with Crippen LogP contribution in [0.2, 0.25) is 0 Å². The van der Waals surface area contributed by atoms with Gasteiger partial charge < -0.3 is 14.8 Å². The molecule has 3 heterocycles. The Kier molecular flexibility index (Phi) is 6.45. The van der Waals surface area contributed by atoms with E-state index in [1.165, 1.54) is 11.4 Å². The lowest BCUT2D eigenvalue weighted by Gasteiger charge is -2.36. The van der Waals surface area contributed by atoms with E-state index in [0.29, 0.717) is 0 Å². The summed E-state index contributed by atoms with van der Waals surface area (Å²) in [4.78, 5) is 25.3. The largest absolute Gasteiger partial charge is 0.372 e. The number of aromatic amines is 1. The van der Waals surface area contributed by atoms with Gasteiger partial charge >= 0.3 is 0 Å². The predicted molar refractivity (Wildman–Crippen MR) is 152 cm³/mol. The summed E-state index contributed by atoms with van der Waals surface area (Å²) in [6.45, 7) is 11.1. The molecule has 7 nitrogen and oxygen atoms in total. The third-order valence-corrected chi connectivity index (χ3v) is 7.36. The fourth-order valence-corrected chi connectivity index (χ4v) is 5.28. The van der Waals surface area contributed by atoms with Gasteiger partial charge in [-0.25, -0.2) is 9.97 Å². The van der Waals surface area contributed by atoms with Gasteiger partial charge in [0.05, 0.1) is 34.1 Å². The van der Waals surface area contributed by atoms with Crippen LogP contribution in [0.5, 0.6) is 0 Å². The van der Waals surface area contributed by atoms with Crippen LogP contribution in [-0.2, 0) is 6.54 Å². The molecule has 1 N–H and O–H groups in total. The molecule has 6 rings (SSSR count). The van der Waals surface area contributed by atoms with Gasteiger partial charge in [-0.1, -0.05) is 18.2 Å². The Labute approximate surface area is 217 Å². The fourth-order valence-electron chi connectivity index (χ4n) is 5.28. The van der Waals surface area contributed by atoms with Crippen molar-refractivity contribution in [3.63, 3.8) is 0 Å². The molecule has 0 radical (unpaired) electrons. The van der Waals surface area contributed by atoms with Crippen LogP contribution < -0.4 is 9.80 Å². The minimum Gasteiger partial charge on any atom is -0.372 e. The van der Waals surface area contributed by atoms with E-state index in [2.05, 4.69) is 81.0 Å². The van der Waals surface area contributed by atoms with Crippen molar-refractivity contribution in [1.82, 2.24) is 24.8 Å². The zero-order chi connectivity index (χ0) is 25.2. The summed E-state index contributed by atoms with van der Waals surface area (Å²) in [5, 5.41) is 0. The van der Waals surface area contributed by atoms with Crippen molar-refractivity contribution in [1.29, 1.82) is 0 Å². The summed E-state index contributed by atoms with van der Waals surface area (Å²) < 4.78 is 0. The zero-order valence-corrected chi connectivity index (χ0v) is 21.6. The SMILES string of the molecule is CCN(CC)c1ccc(-c2nc3c(N4CCN(Cc5cnc6ccccc6n5)CC4)cccc3[nH]2)cc1. The summed E-state index contributed by atoms with van der Waals surface area (Å²) in [7, 11) is 0. The third kappa shape index (κ3) is 4.74. The Hall–Kier alpha value is -3.97. The lowest BCUT2D eigenvalue weighted by Crippen LogP contribution is -2.46. The smallest absolute Gasteiger partial charge is 0.138 e. The Bertz CT molecular complexity index is 1500. The van der Waals surface area contributed by atoms with Crippen molar-refractivity contribution in [2.45, 2.75) is 20.4 Å². The number of rotatable bonds is 7.